The lowest BCUT2D eigenvalue weighted by atomic mass is 10.1. The van der Waals surface area contributed by atoms with Gasteiger partial charge in [-0.25, -0.2) is 0 Å². The fourth-order valence-electron chi connectivity index (χ4n) is 4.67. The minimum Gasteiger partial charge on any atom is -0.497 e. The van der Waals surface area contributed by atoms with Crippen molar-refractivity contribution in [2.75, 3.05) is 51.3 Å². The molecule has 2 aromatic carbocycles. The normalized spacial score (nSPS) is 14.2. The number of anilines is 1. The molecule has 1 amide bonds. The second-order valence-corrected chi connectivity index (χ2v) is 9.97. The zero-order chi connectivity index (χ0) is 25.7. The molecule has 1 aromatic heterocycles. The van der Waals surface area contributed by atoms with Crippen LogP contribution in [0.4, 0.5) is 5.69 Å². The fraction of sp³-hybridized carbons (Fsp3) is 0.393. The van der Waals surface area contributed by atoms with Gasteiger partial charge < -0.3 is 19.5 Å². The number of aromatic nitrogens is 1. The molecule has 8 heteroatoms. The van der Waals surface area contributed by atoms with E-state index in [0.29, 0.717) is 16.6 Å². The molecule has 2 heterocycles. The van der Waals surface area contributed by atoms with Gasteiger partial charge in [-0.2, -0.15) is 0 Å². The first-order valence-electron chi connectivity index (χ1n) is 12.4. The number of amides is 1. The molecule has 1 fully saturated rings. The van der Waals surface area contributed by atoms with Crippen LogP contribution in [0.15, 0.2) is 48.5 Å². The Morgan fingerprint density at radius 1 is 1.03 bits per heavy atom. The number of methoxy groups -OCH3 is 1. The first-order valence-corrected chi connectivity index (χ1v) is 13.1. The molecule has 192 valence electrons. The summed E-state index contributed by atoms with van der Waals surface area (Å²) in [6.07, 6.45) is 1.99. The summed E-state index contributed by atoms with van der Waals surface area (Å²) >= 11 is 12.6. The van der Waals surface area contributed by atoms with Crippen LogP contribution in [0, 0.1) is 6.92 Å². The maximum atomic E-state index is 12.9. The second-order valence-electron chi connectivity index (χ2n) is 9.18. The zero-order valence-electron chi connectivity index (χ0n) is 21.2. The Morgan fingerprint density at radius 3 is 2.44 bits per heavy atom. The van der Waals surface area contributed by atoms with Gasteiger partial charge in [0, 0.05) is 51.2 Å². The smallest absolute Gasteiger partial charge is 0.253 e. The number of hydrogen-bond donors (Lipinski definition) is 1. The van der Waals surface area contributed by atoms with E-state index in [1.165, 1.54) is 0 Å². The summed E-state index contributed by atoms with van der Waals surface area (Å²) in [4.78, 5) is 17.6. The van der Waals surface area contributed by atoms with E-state index >= 15 is 0 Å². The van der Waals surface area contributed by atoms with Gasteiger partial charge in [0.2, 0.25) is 0 Å². The monoisotopic (exact) mass is 528 g/mol. The van der Waals surface area contributed by atoms with Crippen molar-refractivity contribution in [3.05, 3.63) is 69.8 Å². The number of carbonyl (C=O) groups is 1. The summed E-state index contributed by atoms with van der Waals surface area (Å²) in [5.41, 5.74) is 4.75. The Bertz CT molecular complexity index is 1190. The Hall–Kier alpha value is -2.67. The SMILES string of the molecule is COc1ccc(-c2cc(C(=O)NCCCCN3CCN(c4cccc(Cl)c4Cl)CC3)c(C)n2C)cc1. The number of hydrogen-bond acceptors (Lipinski definition) is 4. The fourth-order valence-corrected chi connectivity index (χ4v) is 5.09. The molecular formula is C28H34Cl2N4O2. The van der Waals surface area contributed by atoms with Gasteiger partial charge in [0.05, 0.1) is 28.4 Å². The molecule has 1 N–H and O–H groups in total. The van der Waals surface area contributed by atoms with Gasteiger partial charge in [0.1, 0.15) is 5.75 Å². The lowest BCUT2D eigenvalue weighted by Crippen LogP contribution is -2.46. The second kappa shape index (κ2) is 12.0. The van der Waals surface area contributed by atoms with E-state index in [0.717, 1.165) is 79.5 Å². The first kappa shape index (κ1) is 26.4. The summed E-state index contributed by atoms with van der Waals surface area (Å²) in [6.45, 7) is 7.53. The van der Waals surface area contributed by atoms with Crippen molar-refractivity contribution in [2.45, 2.75) is 19.8 Å². The number of nitrogens with one attached hydrogen (secondary N) is 1. The lowest BCUT2D eigenvalue weighted by Gasteiger charge is -2.36. The van der Waals surface area contributed by atoms with Crippen molar-refractivity contribution in [2.24, 2.45) is 7.05 Å². The predicted octanol–water partition coefficient (Wildman–Crippen LogP) is 5.65. The van der Waals surface area contributed by atoms with E-state index in [9.17, 15) is 4.79 Å². The van der Waals surface area contributed by atoms with E-state index in [2.05, 4.69) is 19.7 Å². The van der Waals surface area contributed by atoms with E-state index < -0.39 is 0 Å². The van der Waals surface area contributed by atoms with Crippen molar-refractivity contribution in [1.82, 2.24) is 14.8 Å². The van der Waals surface area contributed by atoms with E-state index in [1.54, 1.807) is 7.11 Å². The van der Waals surface area contributed by atoms with Gasteiger partial charge in [0.25, 0.3) is 5.91 Å². The molecule has 0 radical (unpaired) electrons. The van der Waals surface area contributed by atoms with Gasteiger partial charge in [-0.05, 0) is 74.3 Å². The van der Waals surface area contributed by atoms with Crippen LogP contribution in [0.3, 0.4) is 0 Å². The number of halogens is 2. The molecule has 36 heavy (non-hydrogen) atoms. The third-order valence-electron chi connectivity index (χ3n) is 7.00. The number of carbonyl (C=O) groups excluding carboxylic acids is 1. The molecular weight excluding hydrogens is 495 g/mol. The standard InChI is InChI=1S/C28H34Cl2N4O2/c1-20-23(19-26(32(20)2)21-9-11-22(36-3)12-10-21)28(35)31-13-4-5-14-33-15-17-34(18-16-33)25-8-6-7-24(29)27(25)30/h6-12,19H,4-5,13-18H2,1-3H3,(H,31,35). The molecule has 3 aromatic rings. The number of unbranched alkanes of at least 4 members (excludes halogenated alkanes) is 1. The van der Waals surface area contributed by atoms with Gasteiger partial charge in [-0.1, -0.05) is 29.3 Å². The van der Waals surface area contributed by atoms with E-state index in [-0.39, 0.29) is 5.91 Å². The molecule has 4 rings (SSSR count). The van der Waals surface area contributed by atoms with Gasteiger partial charge in [0.15, 0.2) is 0 Å². The minimum absolute atomic E-state index is 0.0186. The van der Waals surface area contributed by atoms with Gasteiger partial charge in [-0.15, -0.1) is 0 Å². The third-order valence-corrected chi connectivity index (χ3v) is 7.81. The van der Waals surface area contributed by atoms with Crippen LogP contribution in [-0.2, 0) is 7.05 Å². The highest BCUT2D eigenvalue weighted by Gasteiger charge is 2.20. The van der Waals surface area contributed by atoms with Crippen LogP contribution in [0.2, 0.25) is 10.0 Å². The largest absolute Gasteiger partial charge is 0.497 e. The van der Waals surface area contributed by atoms with E-state index in [4.69, 9.17) is 27.9 Å². The molecule has 0 spiro atoms. The number of ether oxygens (including phenoxy) is 1. The average Bonchev–Trinajstić information content (AvgIpc) is 3.20. The quantitative estimate of drug-likeness (QED) is 0.364. The zero-order valence-corrected chi connectivity index (χ0v) is 22.7. The summed E-state index contributed by atoms with van der Waals surface area (Å²) in [6, 6.07) is 15.7. The molecule has 0 atom stereocenters. The van der Waals surface area contributed by atoms with Crippen molar-refractivity contribution in [1.29, 1.82) is 0 Å². The van der Waals surface area contributed by atoms with Crippen LogP contribution >= 0.6 is 23.2 Å². The number of rotatable bonds is 9. The van der Waals surface area contributed by atoms with Crippen LogP contribution in [0.1, 0.15) is 28.9 Å². The van der Waals surface area contributed by atoms with Crippen molar-refractivity contribution in [3.8, 4) is 17.0 Å². The Kier molecular flexibility index (Phi) is 8.83. The molecule has 0 aliphatic carbocycles. The summed E-state index contributed by atoms with van der Waals surface area (Å²) in [5.74, 6) is 0.796. The predicted molar refractivity (Wildman–Crippen MR) is 149 cm³/mol. The average molecular weight is 530 g/mol. The van der Waals surface area contributed by atoms with Crippen LogP contribution in [0.5, 0.6) is 5.75 Å². The highest BCUT2D eigenvalue weighted by molar-refractivity contribution is 6.43. The summed E-state index contributed by atoms with van der Waals surface area (Å²) in [5, 5.41) is 4.33. The van der Waals surface area contributed by atoms with Crippen LogP contribution in [0.25, 0.3) is 11.3 Å². The van der Waals surface area contributed by atoms with Gasteiger partial charge >= 0.3 is 0 Å². The maximum Gasteiger partial charge on any atom is 0.253 e. The van der Waals surface area contributed by atoms with Gasteiger partial charge in [-0.3, -0.25) is 9.69 Å². The molecule has 6 nitrogen and oxygen atoms in total. The Morgan fingerprint density at radius 2 is 1.75 bits per heavy atom. The minimum atomic E-state index is -0.0186. The highest BCUT2D eigenvalue weighted by atomic mass is 35.5. The van der Waals surface area contributed by atoms with Crippen molar-refractivity contribution >= 4 is 34.8 Å². The van der Waals surface area contributed by atoms with Crippen molar-refractivity contribution in [3.63, 3.8) is 0 Å². The number of benzene rings is 2. The van der Waals surface area contributed by atoms with Crippen LogP contribution in [-0.4, -0.2) is 61.8 Å². The highest BCUT2D eigenvalue weighted by Crippen LogP contribution is 2.33. The molecule has 1 aliphatic rings. The molecule has 1 aliphatic heterocycles. The Labute approximate surface area is 223 Å². The number of piperazine rings is 1. The third kappa shape index (κ3) is 6.00. The summed E-state index contributed by atoms with van der Waals surface area (Å²) < 4.78 is 7.31. The lowest BCUT2D eigenvalue weighted by molar-refractivity contribution is 0.0952. The summed E-state index contributed by atoms with van der Waals surface area (Å²) in [7, 11) is 3.65. The molecule has 0 saturated carbocycles. The first-order chi connectivity index (χ1) is 17.4. The topological polar surface area (TPSA) is 49.7 Å². The van der Waals surface area contributed by atoms with Crippen LogP contribution < -0.4 is 15.0 Å². The maximum absolute atomic E-state index is 12.9. The Balaban J connectivity index is 1.21. The van der Waals surface area contributed by atoms with E-state index in [1.807, 2.05) is 62.5 Å². The van der Waals surface area contributed by atoms with Crippen molar-refractivity contribution < 1.29 is 9.53 Å². The molecule has 0 bridgehead atoms. The molecule has 1 saturated heterocycles. The molecule has 0 unspecified atom stereocenters. The number of nitrogens with zero attached hydrogens (tertiary/aromatic N) is 3.